The van der Waals surface area contributed by atoms with E-state index in [4.69, 9.17) is 4.74 Å². The van der Waals surface area contributed by atoms with E-state index in [1.165, 1.54) is 0 Å². The Hall–Kier alpha value is -2.76. The Balaban J connectivity index is 1.53. The molecule has 0 aliphatic carbocycles. The van der Waals surface area contributed by atoms with Gasteiger partial charge >= 0.3 is 0 Å². The monoisotopic (exact) mass is 369 g/mol. The summed E-state index contributed by atoms with van der Waals surface area (Å²) in [4.78, 5) is 28.8. The molecule has 0 unspecified atom stereocenters. The van der Waals surface area contributed by atoms with E-state index in [1.54, 1.807) is 4.90 Å². The lowest BCUT2D eigenvalue weighted by Crippen LogP contribution is -2.51. The third-order valence-corrected chi connectivity index (χ3v) is 5.37. The number of piperazine rings is 1. The molecule has 1 aliphatic rings. The summed E-state index contributed by atoms with van der Waals surface area (Å²) in [7, 11) is 1.96. The lowest BCUT2D eigenvalue weighted by Gasteiger charge is -2.34. The van der Waals surface area contributed by atoms with Gasteiger partial charge in [-0.1, -0.05) is 18.2 Å². The normalized spacial score (nSPS) is 14.4. The zero-order chi connectivity index (χ0) is 19.6. The van der Waals surface area contributed by atoms with E-state index in [2.05, 4.69) is 0 Å². The number of carbonyl (C=O) groups is 2. The maximum atomic E-state index is 12.8. The van der Waals surface area contributed by atoms with Crippen molar-refractivity contribution < 1.29 is 14.3 Å². The van der Waals surface area contributed by atoms with Crippen LogP contribution in [-0.4, -0.2) is 59.0 Å². The van der Waals surface area contributed by atoms with Gasteiger partial charge in [0.25, 0.3) is 11.8 Å². The highest BCUT2D eigenvalue weighted by Crippen LogP contribution is 2.18. The Bertz CT molecular complexity index is 848. The van der Waals surface area contributed by atoms with E-state index >= 15 is 0 Å². The van der Waals surface area contributed by atoms with Crippen LogP contribution in [-0.2, 0) is 11.8 Å². The molecule has 0 spiro atoms. The van der Waals surface area contributed by atoms with Gasteiger partial charge in [0.15, 0.2) is 6.61 Å². The molecule has 2 amide bonds. The maximum Gasteiger partial charge on any atom is 0.260 e. The third-order valence-electron chi connectivity index (χ3n) is 5.37. The molecule has 6 heteroatoms. The van der Waals surface area contributed by atoms with Gasteiger partial charge in [-0.15, -0.1) is 0 Å². The Kier molecular flexibility index (Phi) is 5.54. The lowest BCUT2D eigenvalue weighted by molar-refractivity contribution is -0.134. The summed E-state index contributed by atoms with van der Waals surface area (Å²) >= 11 is 0. The van der Waals surface area contributed by atoms with Crippen molar-refractivity contribution in [1.82, 2.24) is 14.4 Å². The molecule has 0 radical (unpaired) electrons. The van der Waals surface area contributed by atoms with Crippen molar-refractivity contribution in [3.63, 3.8) is 0 Å². The molecule has 1 aromatic heterocycles. The van der Waals surface area contributed by atoms with Crippen molar-refractivity contribution in [2.24, 2.45) is 7.05 Å². The molecule has 1 saturated heterocycles. The van der Waals surface area contributed by atoms with Crippen LogP contribution in [0.3, 0.4) is 0 Å². The summed E-state index contributed by atoms with van der Waals surface area (Å²) in [6.07, 6.45) is 0. The van der Waals surface area contributed by atoms with Crippen LogP contribution in [0.25, 0.3) is 0 Å². The van der Waals surface area contributed by atoms with Crippen LogP contribution < -0.4 is 4.74 Å². The predicted octanol–water partition coefficient (Wildman–Crippen LogP) is 2.31. The largest absolute Gasteiger partial charge is 0.484 e. The van der Waals surface area contributed by atoms with Crippen LogP contribution in [0.2, 0.25) is 0 Å². The van der Waals surface area contributed by atoms with Gasteiger partial charge in [-0.25, -0.2) is 0 Å². The second-order valence-corrected chi connectivity index (χ2v) is 7.07. The van der Waals surface area contributed by atoms with Gasteiger partial charge in [-0.2, -0.15) is 0 Å². The minimum absolute atomic E-state index is 0.0236. The van der Waals surface area contributed by atoms with Crippen molar-refractivity contribution in [2.45, 2.75) is 20.8 Å². The number of para-hydroxylation sites is 1. The minimum atomic E-state index is -0.0444. The SMILES string of the molecule is Cc1ccccc1OCC(=O)N1CCN(C(=O)c2cc(C)n(C)c2C)CC1. The summed E-state index contributed by atoms with van der Waals surface area (Å²) < 4.78 is 7.68. The van der Waals surface area contributed by atoms with Crippen molar-refractivity contribution in [1.29, 1.82) is 0 Å². The number of hydrogen-bond acceptors (Lipinski definition) is 3. The number of aromatic nitrogens is 1. The van der Waals surface area contributed by atoms with Gasteiger partial charge in [0.1, 0.15) is 5.75 Å². The standard InChI is InChI=1S/C21H27N3O3/c1-15-7-5-6-8-19(15)27-14-20(25)23-9-11-24(12-10-23)21(26)18-13-16(2)22(4)17(18)3/h5-8,13H,9-12,14H2,1-4H3. The number of amides is 2. The average molecular weight is 369 g/mol. The summed E-state index contributed by atoms with van der Waals surface area (Å²) in [5.74, 6) is 0.728. The Labute approximate surface area is 160 Å². The summed E-state index contributed by atoms with van der Waals surface area (Å²) in [5, 5.41) is 0. The van der Waals surface area contributed by atoms with Crippen LogP contribution in [0.4, 0.5) is 0 Å². The molecule has 6 nitrogen and oxygen atoms in total. The minimum Gasteiger partial charge on any atom is -0.484 e. The van der Waals surface area contributed by atoms with Gasteiger partial charge in [0.2, 0.25) is 0 Å². The zero-order valence-electron chi connectivity index (χ0n) is 16.5. The topological polar surface area (TPSA) is 54.8 Å². The first-order valence-corrected chi connectivity index (χ1v) is 9.27. The molecule has 0 N–H and O–H groups in total. The van der Waals surface area contributed by atoms with Crippen LogP contribution in [0.1, 0.15) is 27.3 Å². The van der Waals surface area contributed by atoms with Gasteiger partial charge in [-0.05, 0) is 38.5 Å². The molecule has 1 aromatic carbocycles. The summed E-state index contributed by atoms with van der Waals surface area (Å²) in [6.45, 7) is 8.09. The summed E-state index contributed by atoms with van der Waals surface area (Å²) in [5.41, 5.74) is 3.80. The predicted molar refractivity (Wildman–Crippen MR) is 104 cm³/mol. The zero-order valence-corrected chi connectivity index (χ0v) is 16.5. The third kappa shape index (κ3) is 3.99. The molecule has 0 atom stereocenters. The van der Waals surface area contributed by atoms with Crippen molar-refractivity contribution in [3.8, 4) is 5.75 Å². The van der Waals surface area contributed by atoms with E-state index in [0.29, 0.717) is 26.2 Å². The van der Waals surface area contributed by atoms with E-state index in [0.717, 1.165) is 28.3 Å². The first kappa shape index (κ1) is 19.0. The molecule has 3 rings (SSSR count). The maximum absolute atomic E-state index is 12.8. The first-order chi connectivity index (χ1) is 12.9. The Morgan fingerprint density at radius 2 is 1.63 bits per heavy atom. The van der Waals surface area contributed by atoms with Gasteiger partial charge in [0.05, 0.1) is 5.56 Å². The second kappa shape index (κ2) is 7.86. The molecule has 1 fully saturated rings. The van der Waals surface area contributed by atoms with Crippen LogP contribution in [0.15, 0.2) is 30.3 Å². The molecule has 1 aliphatic heterocycles. The van der Waals surface area contributed by atoms with Crippen molar-refractivity contribution in [3.05, 3.63) is 52.8 Å². The number of aryl methyl sites for hydroxylation is 2. The quantitative estimate of drug-likeness (QED) is 0.831. The fourth-order valence-electron chi connectivity index (χ4n) is 3.35. The highest BCUT2D eigenvalue weighted by molar-refractivity contribution is 5.96. The van der Waals surface area contributed by atoms with Crippen LogP contribution >= 0.6 is 0 Å². The van der Waals surface area contributed by atoms with Crippen molar-refractivity contribution in [2.75, 3.05) is 32.8 Å². The van der Waals surface area contributed by atoms with Crippen molar-refractivity contribution >= 4 is 11.8 Å². The molecule has 27 heavy (non-hydrogen) atoms. The lowest BCUT2D eigenvalue weighted by atomic mass is 10.2. The van der Waals surface area contributed by atoms with Gasteiger partial charge < -0.3 is 19.1 Å². The van der Waals surface area contributed by atoms with E-state index in [-0.39, 0.29) is 18.4 Å². The van der Waals surface area contributed by atoms with E-state index in [1.807, 2.05) is 67.6 Å². The molecule has 144 valence electrons. The van der Waals surface area contributed by atoms with Gasteiger partial charge in [-0.3, -0.25) is 9.59 Å². The van der Waals surface area contributed by atoms with E-state index < -0.39 is 0 Å². The summed E-state index contributed by atoms with van der Waals surface area (Å²) in [6, 6.07) is 9.59. The average Bonchev–Trinajstić information content (AvgIpc) is 2.94. The molecule has 2 aromatic rings. The van der Waals surface area contributed by atoms with E-state index in [9.17, 15) is 9.59 Å². The van der Waals surface area contributed by atoms with Gasteiger partial charge in [0, 0.05) is 44.6 Å². The highest BCUT2D eigenvalue weighted by Gasteiger charge is 2.26. The number of ether oxygens (including phenoxy) is 1. The second-order valence-electron chi connectivity index (χ2n) is 7.07. The number of carbonyl (C=O) groups excluding carboxylic acids is 2. The van der Waals surface area contributed by atoms with Crippen LogP contribution in [0.5, 0.6) is 5.75 Å². The molecular weight excluding hydrogens is 342 g/mol. The first-order valence-electron chi connectivity index (χ1n) is 9.27. The number of benzene rings is 1. The number of hydrogen-bond donors (Lipinski definition) is 0. The molecule has 0 bridgehead atoms. The molecule has 2 heterocycles. The number of nitrogens with zero attached hydrogens (tertiary/aromatic N) is 3. The number of rotatable bonds is 4. The Morgan fingerprint density at radius 3 is 2.22 bits per heavy atom. The Morgan fingerprint density at radius 1 is 1.00 bits per heavy atom. The smallest absolute Gasteiger partial charge is 0.260 e. The fraction of sp³-hybridized carbons (Fsp3) is 0.429. The fourth-order valence-corrected chi connectivity index (χ4v) is 3.35. The van der Waals surface area contributed by atoms with Crippen LogP contribution in [0, 0.1) is 20.8 Å². The highest BCUT2D eigenvalue weighted by atomic mass is 16.5. The molecular formula is C21H27N3O3. The molecule has 0 saturated carbocycles.